The summed E-state index contributed by atoms with van der Waals surface area (Å²) in [6.07, 6.45) is 7.99. The summed E-state index contributed by atoms with van der Waals surface area (Å²) in [6.45, 7) is 7.07. The second-order valence-electron chi connectivity index (χ2n) is 12.1. The molecule has 3 aliphatic rings. The molecular weight excluding hydrogens is 566 g/mol. The van der Waals surface area contributed by atoms with Crippen LogP contribution in [0, 0.1) is 11.8 Å². The zero-order chi connectivity index (χ0) is 32.6. The first-order valence-corrected chi connectivity index (χ1v) is 15.2. The second kappa shape index (κ2) is 16.0. The predicted octanol–water partition coefficient (Wildman–Crippen LogP) is 3.29. The molecule has 2 bridgehead atoms. The van der Waals surface area contributed by atoms with Gasteiger partial charge >= 0.3 is 6.09 Å². The number of primary amides is 1. The summed E-state index contributed by atoms with van der Waals surface area (Å²) in [6, 6.07) is 0.103. The predicted molar refractivity (Wildman–Crippen MR) is 165 cm³/mol. The van der Waals surface area contributed by atoms with E-state index in [-0.39, 0.29) is 41.1 Å². The number of nitrogens with one attached hydrogen (secondary N) is 2. The Morgan fingerprint density at radius 1 is 1.09 bits per heavy atom. The van der Waals surface area contributed by atoms with Gasteiger partial charge < -0.3 is 35.7 Å². The number of ketones is 2. The fraction of sp³-hybridized carbons (Fsp3) is 0.576. The largest absolute Gasteiger partial charge is 0.439 e. The number of amides is 2. The molecule has 1 saturated carbocycles. The van der Waals surface area contributed by atoms with Crippen LogP contribution in [0.25, 0.3) is 0 Å². The topological polar surface area (TPSA) is 166 Å². The smallest absolute Gasteiger partial charge is 0.405 e. The Balaban J connectivity index is 2.06. The number of aliphatic hydroxyl groups excluding tert-OH is 1. The standard InChI is InChI=1S/C33H47N3O8/c1-18-14-23-28(35-22-11-7-8-12-22)25(37)17-24(30(23)39)36-32(40)19(2)10-9-13-26(42-5)31(44-33(34)41)21(4)16-20(3)29(38)27(15-18)43-6/h9-10,13,16-18,20,22,26-27,29,31,35,38H,7-8,11-12,14-15H2,1-6H3,(H2,34,41)(H,36,40)/b13-9+,19-10-,21-16+/t18-,20+,26-,27+,29-,31+/m1/s1. The minimum absolute atomic E-state index is 0.0877. The lowest BCUT2D eigenvalue weighted by atomic mass is 9.85. The number of Topliss-reactive ketones (excluding diaryl/α,β-unsaturated/α-hetero) is 1. The van der Waals surface area contributed by atoms with Crippen LogP contribution in [0.5, 0.6) is 0 Å². The van der Waals surface area contributed by atoms with Crippen LogP contribution in [-0.2, 0) is 28.6 Å². The Kier molecular flexibility index (Phi) is 12.7. The zero-order valence-electron chi connectivity index (χ0n) is 26.6. The van der Waals surface area contributed by atoms with Crippen LogP contribution < -0.4 is 16.4 Å². The van der Waals surface area contributed by atoms with Crippen LogP contribution in [0.2, 0.25) is 0 Å². The number of nitrogens with two attached hydrogens (primary N) is 1. The van der Waals surface area contributed by atoms with Gasteiger partial charge in [-0.1, -0.05) is 51.0 Å². The molecule has 2 amide bonds. The highest BCUT2D eigenvalue weighted by Crippen LogP contribution is 2.30. The normalized spacial score (nSPS) is 33.1. The maximum absolute atomic E-state index is 13.8. The molecule has 11 heteroatoms. The molecule has 0 spiro atoms. The van der Waals surface area contributed by atoms with Gasteiger partial charge in [-0.2, -0.15) is 0 Å². The number of methoxy groups -OCH3 is 2. The molecule has 1 aliphatic heterocycles. The lowest BCUT2D eigenvalue weighted by molar-refractivity contribution is -0.120. The van der Waals surface area contributed by atoms with E-state index >= 15 is 0 Å². The van der Waals surface area contributed by atoms with Gasteiger partial charge in [-0.3, -0.25) is 14.4 Å². The highest BCUT2D eigenvalue weighted by Gasteiger charge is 2.34. The van der Waals surface area contributed by atoms with E-state index in [1.807, 2.05) is 13.8 Å². The summed E-state index contributed by atoms with van der Waals surface area (Å²) in [5.41, 5.74) is 6.73. The zero-order valence-corrected chi connectivity index (χ0v) is 26.6. The van der Waals surface area contributed by atoms with Crippen LogP contribution >= 0.6 is 0 Å². The Hall–Kier alpha value is -3.54. The molecule has 0 aromatic heterocycles. The Bertz CT molecular complexity index is 1260. The van der Waals surface area contributed by atoms with Crippen molar-refractivity contribution in [2.24, 2.45) is 17.6 Å². The van der Waals surface area contributed by atoms with Gasteiger partial charge in [-0.25, -0.2) is 4.79 Å². The van der Waals surface area contributed by atoms with Gasteiger partial charge in [-0.15, -0.1) is 0 Å². The van der Waals surface area contributed by atoms with Crippen molar-refractivity contribution in [3.63, 3.8) is 0 Å². The minimum Gasteiger partial charge on any atom is -0.439 e. The molecule has 0 unspecified atom stereocenters. The van der Waals surface area contributed by atoms with Crippen molar-refractivity contribution in [2.45, 2.75) is 96.7 Å². The number of hydrogen-bond donors (Lipinski definition) is 4. The molecule has 11 nitrogen and oxygen atoms in total. The number of aliphatic hydroxyl groups is 1. The number of hydrogen-bond acceptors (Lipinski definition) is 9. The van der Waals surface area contributed by atoms with E-state index in [1.165, 1.54) is 26.4 Å². The fourth-order valence-corrected chi connectivity index (χ4v) is 6.02. The monoisotopic (exact) mass is 613 g/mol. The van der Waals surface area contributed by atoms with E-state index in [0.717, 1.165) is 25.7 Å². The average Bonchev–Trinajstić information content (AvgIpc) is 3.49. The van der Waals surface area contributed by atoms with Crippen molar-refractivity contribution in [1.29, 1.82) is 0 Å². The maximum Gasteiger partial charge on any atom is 0.405 e. The summed E-state index contributed by atoms with van der Waals surface area (Å²) in [4.78, 5) is 52.0. The molecule has 1 heterocycles. The number of allylic oxidation sites excluding steroid dienone is 4. The Morgan fingerprint density at radius 3 is 2.39 bits per heavy atom. The van der Waals surface area contributed by atoms with Gasteiger partial charge in [0.05, 0.1) is 23.6 Å². The van der Waals surface area contributed by atoms with Crippen molar-refractivity contribution >= 4 is 23.6 Å². The lowest BCUT2D eigenvalue weighted by Crippen LogP contribution is -2.39. The number of fused-ring (bicyclic) bond motifs is 2. The third kappa shape index (κ3) is 8.99. The van der Waals surface area contributed by atoms with Crippen LogP contribution in [0.15, 0.2) is 58.5 Å². The highest BCUT2D eigenvalue weighted by molar-refractivity contribution is 6.23. The van der Waals surface area contributed by atoms with Crippen molar-refractivity contribution < 1.29 is 38.5 Å². The van der Waals surface area contributed by atoms with E-state index in [4.69, 9.17) is 19.9 Å². The van der Waals surface area contributed by atoms with E-state index in [9.17, 15) is 24.3 Å². The van der Waals surface area contributed by atoms with Crippen molar-refractivity contribution in [3.8, 4) is 0 Å². The minimum atomic E-state index is -0.991. The summed E-state index contributed by atoms with van der Waals surface area (Å²) in [5, 5.41) is 17.3. The summed E-state index contributed by atoms with van der Waals surface area (Å²) < 4.78 is 16.7. The van der Waals surface area contributed by atoms with E-state index in [2.05, 4.69) is 10.6 Å². The van der Waals surface area contributed by atoms with E-state index in [1.54, 1.807) is 32.1 Å². The van der Waals surface area contributed by atoms with E-state index < -0.39 is 48.1 Å². The van der Waals surface area contributed by atoms with E-state index in [0.29, 0.717) is 17.6 Å². The van der Waals surface area contributed by atoms with Gasteiger partial charge in [0.1, 0.15) is 6.10 Å². The van der Waals surface area contributed by atoms with Crippen molar-refractivity contribution in [2.75, 3.05) is 14.2 Å². The Morgan fingerprint density at radius 2 is 1.77 bits per heavy atom. The number of carbonyl (C=O) groups excluding carboxylic acids is 4. The van der Waals surface area contributed by atoms with Gasteiger partial charge in [-0.05, 0) is 51.0 Å². The van der Waals surface area contributed by atoms with Crippen LogP contribution in [0.3, 0.4) is 0 Å². The molecule has 6 atom stereocenters. The molecule has 242 valence electrons. The van der Waals surface area contributed by atoms with Crippen LogP contribution in [0.1, 0.15) is 66.2 Å². The Labute approximate surface area is 259 Å². The number of rotatable bonds is 5. The first-order chi connectivity index (χ1) is 20.9. The summed E-state index contributed by atoms with van der Waals surface area (Å²) in [7, 11) is 2.95. The maximum atomic E-state index is 13.8. The SMILES string of the molecule is CO[C@H]1C[C@H](C)CC2=C(NC3CCCC3)C(=O)C=C(NC(=O)/C(C)=C\C=C\[C@@H](OC)[C@@H](OC(N)=O)/C(C)=C/[C@H](C)[C@H]1O)C2=O. The molecule has 0 aromatic carbocycles. The van der Waals surface area contributed by atoms with Gasteiger partial charge in [0.15, 0.2) is 6.10 Å². The first kappa shape index (κ1) is 34.9. The molecule has 0 radical (unpaired) electrons. The van der Waals surface area contributed by atoms with Crippen LogP contribution in [0.4, 0.5) is 4.79 Å². The molecular formula is C33H47N3O8. The molecule has 2 aliphatic carbocycles. The lowest BCUT2D eigenvalue weighted by Gasteiger charge is -2.30. The van der Waals surface area contributed by atoms with Crippen molar-refractivity contribution in [1.82, 2.24) is 10.6 Å². The highest BCUT2D eigenvalue weighted by atomic mass is 16.6. The van der Waals surface area contributed by atoms with Gasteiger partial charge in [0, 0.05) is 43.4 Å². The number of carbonyl (C=O) groups is 4. The fourth-order valence-electron chi connectivity index (χ4n) is 6.02. The summed E-state index contributed by atoms with van der Waals surface area (Å²) in [5.74, 6) is -1.93. The van der Waals surface area contributed by atoms with Crippen LogP contribution in [-0.4, -0.2) is 73.4 Å². The molecule has 0 saturated heterocycles. The first-order valence-electron chi connectivity index (χ1n) is 15.2. The molecule has 0 aromatic rings. The van der Waals surface area contributed by atoms with Crippen molar-refractivity contribution in [3.05, 3.63) is 58.5 Å². The number of ether oxygens (including phenoxy) is 3. The quantitative estimate of drug-likeness (QED) is 0.269. The summed E-state index contributed by atoms with van der Waals surface area (Å²) >= 11 is 0. The third-order valence-electron chi connectivity index (χ3n) is 8.50. The molecule has 1 fully saturated rings. The van der Waals surface area contributed by atoms with Gasteiger partial charge in [0.25, 0.3) is 5.91 Å². The molecule has 3 rings (SSSR count). The second-order valence-corrected chi connectivity index (χ2v) is 12.1. The third-order valence-corrected chi connectivity index (χ3v) is 8.50. The van der Waals surface area contributed by atoms with Gasteiger partial charge in [0.2, 0.25) is 11.6 Å². The molecule has 5 N–H and O–H groups in total. The average molecular weight is 614 g/mol. The molecule has 44 heavy (non-hydrogen) atoms.